The fraction of sp³-hybridized carbons (Fsp3) is 0.538. The number of aliphatic hydroxyl groups excluding tert-OH is 1. The Morgan fingerprint density at radius 2 is 1.76 bits per heavy atom. The predicted molar refractivity (Wildman–Crippen MR) is 66.7 cm³/mol. The van der Waals surface area contributed by atoms with Gasteiger partial charge in [-0.2, -0.15) is 0 Å². The van der Waals surface area contributed by atoms with Crippen molar-refractivity contribution in [3.63, 3.8) is 0 Å². The third kappa shape index (κ3) is 5.28. The summed E-state index contributed by atoms with van der Waals surface area (Å²) in [6, 6.07) is 8.19. The summed E-state index contributed by atoms with van der Waals surface area (Å²) in [5, 5.41) is 12.3. The van der Waals surface area contributed by atoms with Crippen LogP contribution < -0.4 is 5.32 Å². The molecule has 0 bridgehead atoms. The number of benzene rings is 1. The highest BCUT2D eigenvalue weighted by Gasteiger charge is 2.05. The fourth-order valence-electron chi connectivity index (χ4n) is 1.56. The normalized spacial score (nSPS) is 12.6. The number of methoxy groups -OCH3 is 2. The van der Waals surface area contributed by atoms with E-state index < -0.39 is 0 Å². The maximum Gasteiger partial charge on any atom is 0.0713 e. The zero-order chi connectivity index (χ0) is 12.5. The van der Waals surface area contributed by atoms with Crippen LogP contribution in [-0.2, 0) is 22.6 Å². The second-order valence-electron chi connectivity index (χ2n) is 3.97. The van der Waals surface area contributed by atoms with Crippen molar-refractivity contribution in [1.29, 1.82) is 0 Å². The maximum absolute atomic E-state index is 9.09. The molecular formula is C13H21NO3. The molecule has 1 unspecified atom stereocenters. The Balaban J connectivity index is 2.40. The lowest BCUT2D eigenvalue weighted by Gasteiger charge is -2.15. The van der Waals surface area contributed by atoms with Gasteiger partial charge in [-0.05, 0) is 11.1 Å². The van der Waals surface area contributed by atoms with Crippen molar-refractivity contribution in [2.45, 2.75) is 19.2 Å². The highest BCUT2D eigenvalue weighted by Crippen LogP contribution is 2.05. The van der Waals surface area contributed by atoms with Crippen molar-refractivity contribution in [2.24, 2.45) is 0 Å². The molecule has 1 aromatic carbocycles. The largest absolute Gasteiger partial charge is 0.395 e. The minimum Gasteiger partial charge on any atom is -0.395 e. The number of hydrogen-bond donors (Lipinski definition) is 2. The van der Waals surface area contributed by atoms with Gasteiger partial charge in [-0.1, -0.05) is 24.3 Å². The van der Waals surface area contributed by atoms with E-state index in [0.29, 0.717) is 13.2 Å². The average Bonchev–Trinajstić information content (AvgIpc) is 2.36. The summed E-state index contributed by atoms with van der Waals surface area (Å²) in [7, 11) is 3.32. The summed E-state index contributed by atoms with van der Waals surface area (Å²) in [5.41, 5.74) is 2.34. The zero-order valence-corrected chi connectivity index (χ0v) is 10.5. The number of hydrogen-bond acceptors (Lipinski definition) is 4. The Morgan fingerprint density at radius 1 is 1.12 bits per heavy atom. The Hall–Kier alpha value is -0.940. The molecule has 1 atom stereocenters. The van der Waals surface area contributed by atoms with Crippen molar-refractivity contribution in [3.8, 4) is 0 Å². The van der Waals surface area contributed by atoms with Gasteiger partial charge in [0.15, 0.2) is 0 Å². The third-order valence-corrected chi connectivity index (χ3v) is 2.52. The molecule has 0 saturated carbocycles. The molecule has 0 amide bonds. The first-order valence-corrected chi connectivity index (χ1v) is 5.70. The first kappa shape index (κ1) is 14.1. The van der Waals surface area contributed by atoms with Crippen LogP contribution in [0.3, 0.4) is 0 Å². The minimum absolute atomic E-state index is 0.0151. The molecule has 96 valence electrons. The van der Waals surface area contributed by atoms with E-state index in [-0.39, 0.29) is 12.6 Å². The number of ether oxygens (including phenoxy) is 2. The zero-order valence-electron chi connectivity index (χ0n) is 10.5. The van der Waals surface area contributed by atoms with Crippen molar-refractivity contribution in [2.75, 3.05) is 27.4 Å². The van der Waals surface area contributed by atoms with E-state index in [1.807, 2.05) is 12.1 Å². The van der Waals surface area contributed by atoms with Crippen molar-refractivity contribution >= 4 is 0 Å². The van der Waals surface area contributed by atoms with Crippen LogP contribution in [0.1, 0.15) is 11.1 Å². The molecule has 0 saturated heterocycles. The first-order valence-electron chi connectivity index (χ1n) is 5.70. The Kier molecular flexibility index (Phi) is 6.81. The van der Waals surface area contributed by atoms with E-state index in [1.54, 1.807) is 14.2 Å². The van der Waals surface area contributed by atoms with Gasteiger partial charge in [-0.3, -0.25) is 0 Å². The van der Waals surface area contributed by atoms with Gasteiger partial charge < -0.3 is 19.9 Å². The van der Waals surface area contributed by atoms with Gasteiger partial charge in [0.1, 0.15) is 0 Å². The van der Waals surface area contributed by atoms with Gasteiger partial charge >= 0.3 is 0 Å². The third-order valence-electron chi connectivity index (χ3n) is 2.52. The average molecular weight is 239 g/mol. The second kappa shape index (κ2) is 8.20. The van der Waals surface area contributed by atoms with Crippen LogP contribution in [0.5, 0.6) is 0 Å². The summed E-state index contributed by atoms with van der Waals surface area (Å²) in [6.07, 6.45) is 0. The molecule has 0 aliphatic heterocycles. The lowest BCUT2D eigenvalue weighted by Crippen LogP contribution is -2.35. The van der Waals surface area contributed by atoms with Gasteiger partial charge in [0, 0.05) is 20.8 Å². The van der Waals surface area contributed by atoms with Gasteiger partial charge in [0.2, 0.25) is 0 Å². The highest BCUT2D eigenvalue weighted by molar-refractivity contribution is 5.21. The molecule has 1 aromatic rings. The summed E-state index contributed by atoms with van der Waals surface area (Å²) < 4.78 is 10.0. The topological polar surface area (TPSA) is 50.7 Å². The number of rotatable bonds is 8. The van der Waals surface area contributed by atoms with Crippen LogP contribution >= 0.6 is 0 Å². The monoisotopic (exact) mass is 239 g/mol. The van der Waals surface area contributed by atoms with Crippen LogP contribution in [-0.4, -0.2) is 38.6 Å². The molecule has 0 aromatic heterocycles. The standard InChI is InChI=1S/C13H21NO3/c1-16-9-12-5-3-11(4-6-12)7-14-13(8-15)10-17-2/h3-6,13-15H,7-10H2,1-2H3. The van der Waals surface area contributed by atoms with Crippen LogP contribution in [0, 0.1) is 0 Å². The van der Waals surface area contributed by atoms with E-state index >= 15 is 0 Å². The molecule has 0 aliphatic rings. The molecule has 0 spiro atoms. The Bertz CT molecular complexity index is 300. The molecule has 1 rings (SSSR count). The quantitative estimate of drug-likeness (QED) is 0.708. The van der Waals surface area contributed by atoms with Crippen LogP contribution in [0.25, 0.3) is 0 Å². The Labute approximate surface area is 103 Å². The SMILES string of the molecule is COCc1ccc(CNC(CO)COC)cc1. The molecular weight excluding hydrogens is 218 g/mol. The lowest BCUT2D eigenvalue weighted by molar-refractivity contribution is 0.128. The van der Waals surface area contributed by atoms with E-state index in [4.69, 9.17) is 14.6 Å². The highest BCUT2D eigenvalue weighted by atomic mass is 16.5. The second-order valence-corrected chi connectivity index (χ2v) is 3.97. The van der Waals surface area contributed by atoms with Gasteiger partial charge in [0.05, 0.1) is 25.9 Å². The molecule has 17 heavy (non-hydrogen) atoms. The van der Waals surface area contributed by atoms with Gasteiger partial charge in [-0.25, -0.2) is 0 Å². The molecule has 0 heterocycles. The molecule has 4 nitrogen and oxygen atoms in total. The summed E-state index contributed by atoms with van der Waals surface area (Å²) in [6.45, 7) is 1.95. The molecule has 0 fully saturated rings. The van der Waals surface area contributed by atoms with Gasteiger partial charge in [0.25, 0.3) is 0 Å². The van der Waals surface area contributed by atoms with Gasteiger partial charge in [-0.15, -0.1) is 0 Å². The number of aliphatic hydroxyl groups is 1. The van der Waals surface area contributed by atoms with E-state index in [0.717, 1.165) is 12.1 Å². The van der Waals surface area contributed by atoms with Crippen LogP contribution in [0.15, 0.2) is 24.3 Å². The fourth-order valence-corrected chi connectivity index (χ4v) is 1.56. The molecule has 0 radical (unpaired) electrons. The van der Waals surface area contributed by atoms with E-state index in [2.05, 4.69) is 17.4 Å². The van der Waals surface area contributed by atoms with E-state index in [1.165, 1.54) is 5.56 Å². The Morgan fingerprint density at radius 3 is 2.29 bits per heavy atom. The lowest BCUT2D eigenvalue weighted by atomic mass is 10.1. The van der Waals surface area contributed by atoms with Crippen LogP contribution in [0.2, 0.25) is 0 Å². The number of nitrogens with one attached hydrogen (secondary N) is 1. The summed E-state index contributed by atoms with van der Waals surface area (Å²) in [5.74, 6) is 0. The molecule has 4 heteroatoms. The van der Waals surface area contributed by atoms with Crippen molar-refractivity contribution in [3.05, 3.63) is 35.4 Å². The smallest absolute Gasteiger partial charge is 0.0713 e. The summed E-state index contributed by atoms with van der Waals surface area (Å²) >= 11 is 0. The van der Waals surface area contributed by atoms with Crippen LogP contribution in [0.4, 0.5) is 0 Å². The maximum atomic E-state index is 9.09. The first-order chi connectivity index (χ1) is 8.30. The predicted octanol–water partition coefficient (Wildman–Crippen LogP) is 0.930. The van der Waals surface area contributed by atoms with Crippen molar-refractivity contribution in [1.82, 2.24) is 5.32 Å². The van der Waals surface area contributed by atoms with E-state index in [9.17, 15) is 0 Å². The summed E-state index contributed by atoms with van der Waals surface area (Å²) in [4.78, 5) is 0. The molecule has 2 N–H and O–H groups in total. The minimum atomic E-state index is -0.0151. The van der Waals surface area contributed by atoms with Crippen molar-refractivity contribution < 1.29 is 14.6 Å². The molecule has 0 aliphatic carbocycles.